The van der Waals surface area contributed by atoms with E-state index in [1.54, 1.807) is 0 Å². The molecule has 0 aromatic rings. The summed E-state index contributed by atoms with van der Waals surface area (Å²) in [6.07, 6.45) is 2.64. The topological polar surface area (TPSA) is 24.1 Å². The van der Waals surface area contributed by atoms with Gasteiger partial charge >= 0.3 is 0 Å². The molecule has 0 amide bonds. The molecule has 0 radical (unpaired) electrons. The molecule has 0 spiro atoms. The molecule has 0 saturated carbocycles. The van der Waals surface area contributed by atoms with Crippen LogP contribution in [0.25, 0.3) is 0 Å². The minimum Gasteiger partial charge on any atom is -0.337 e. The predicted octanol–water partition coefficient (Wildman–Crippen LogP) is 4.91. The SMILES string of the molecule is CC(C)CC(CN[Si](C)(C)C)(CN[Si](C)(C)C)CC(C)C. The fourth-order valence-corrected chi connectivity index (χ4v) is 4.88. The van der Waals surface area contributed by atoms with Gasteiger partial charge in [-0.25, -0.2) is 0 Å². The number of nitrogens with one attached hydrogen (secondary N) is 2. The molecular weight excluding hydrogens is 288 g/mol. The number of hydrogen-bond acceptors (Lipinski definition) is 2. The Kier molecular flexibility index (Phi) is 8.41. The lowest BCUT2D eigenvalue weighted by Crippen LogP contribution is -2.54. The largest absolute Gasteiger partial charge is 0.337 e. The fraction of sp³-hybridized carbons (Fsp3) is 1.00. The van der Waals surface area contributed by atoms with E-state index in [2.05, 4.69) is 76.9 Å². The third-order valence-electron chi connectivity index (χ3n) is 3.67. The highest BCUT2D eigenvalue weighted by atomic mass is 28.3. The normalized spacial score (nSPS) is 14.3. The van der Waals surface area contributed by atoms with Gasteiger partial charge < -0.3 is 9.96 Å². The molecule has 0 aliphatic carbocycles. The highest BCUT2D eigenvalue weighted by Crippen LogP contribution is 2.33. The maximum atomic E-state index is 3.92. The molecule has 0 heterocycles. The van der Waals surface area contributed by atoms with Crippen molar-refractivity contribution in [3.63, 3.8) is 0 Å². The van der Waals surface area contributed by atoms with Crippen molar-refractivity contribution < 1.29 is 0 Å². The van der Waals surface area contributed by atoms with Crippen LogP contribution in [-0.4, -0.2) is 29.6 Å². The second-order valence-corrected chi connectivity index (χ2v) is 19.6. The number of rotatable bonds is 10. The van der Waals surface area contributed by atoms with Crippen molar-refractivity contribution in [3.8, 4) is 0 Å². The van der Waals surface area contributed by atoms with Gasteiger partial charge in [-0.1, -0.05) is 67.0 Å². The van der Waals surface area contributed by atoms with Crippen LogP contribution in [0.2, 0.25) is 39.3 Å². The van der Waals surface area contributed by atoms with E-state index in [1.165, 1.54) is 25.9 Å². The summed E-state index contributed by atoms with van der Waals surface area (Å²) in [5.74, 6) is 1.52. The Balaban J connectivity index is 5.10. The van der Waals surface area contributed by atoms with Crippen molar-refractivity contribution in [2.45, 2.75) is 79.8 Å². The Hall–Kier alpha value is 0.354. The maximum absolute atomic E-state index is 3.92. The van der Waals surface area contributed by atoms with Crippen LogP contribution in [-0.2, 0) is 0 Å². The summed E-state index contributed by atoms with van der Waals surface area (Å²) in [6, 6.07) is 0. The molecule has 0 bridgehead atoms. The van der Waals surface area contributed by atoms with Crippen molar-refractivity contribution in [3.05, 3.63) is 0 Å². The van der Waals surface area contributed by atoms with E-state index in [0.29, 0.717) is 5.41 Å². The molecule has 0 fully saturated rings. The van der Waals surface area contributed by atoms with Gasteiger partial charge in [-0.2, -0.15) is 0 Å². The van der Waals surface area contributed by atoms with Crippen LogP contribution in [0.3, 0.4) is 0 Å². The second-order valence-electron chi connectivity index (χ2n) is 9.90. The Bertz CT molecular complexity index is 258. The van der Waals surface area contributed by atoms with E-state index < -0.39 is 16.5 Å². The van der Waals surface area contributed by atoms with E-state index in [0.717, 1.165) is 11.8 Å². The molecule has 0 unspecified atom stereocenters. The van der Waals surface area contributed by atoms with E-state index >= 15 is 0 Å². The Morgan fingerprint density at radius 1 is 0.667 bits per heavy atom. The summed E-state index contributed by atoms with van der Waals surface area (Å²) >= 11 is 0. The Morgan fingerprint density at radius 2 is 0.952 bits per heavy atom. The molecule has 0 aliphatic rings. The molecule has 2 nitrogen and oxygen atoms in total. The average Bonchev–Trinajstić information content (AvgIpc) is 2.20. The van der Waals surface area contributed by atoms with Gasteiger partial charge in [0.25, 0.3) is 0 Å². The lowest BCUT2D eigenvalue weighted by atomic mass is 9.74. The van der Waals surface area contributed by atoms with E-state index in [-0.39, 0.29) is 0 Å². The van der Waals surface area contributed by atoms with Crippen LogP contribution in [0.4, 0.5) is 0 Å². The first kappa shape index (κ1) is 21.4. The highest BCUT2D eigenvalue weighted by molar-refractivity contribution is 6.74. The molecule has 0 rings (SSSR count). The lowest BCUT2D eigenvalue weighted by Gasteiger charge is -2.41. The first-order valence-electron chi connectivity index (χ1n) is 8.75. The van der Waals surface area contributed by atoms with Crippen LogP contribution in [0.15, 0.2) is 0 Å². The molecule has 21 heavy (non-hydrogen) atoms. The standard InChI is InChI=1S/C17H42N2Si2/c1-15(2)11-17(12-16(3)4,13-18-20(5,6)7)14-19-21(8,9)10/h15-16,18-19H,11-14H2,1-10H3. The quantitative estimate of drug-likeness (QED) is 0.556. The zero-order chi connectivity index (χ0) is 16.9. The molecule has 128 valence electrons. The van der Waals surface area contributed by atoms with Crippen molar-refractivity contribution in [2.24, 2.45) is 17.3 Å². The average molecular weight is 331 g/mol. The van der Waals surface area contributed by atoms with Crippen LogP contribution in [0.1, 0.15) is 40.5 Å². The van der Waals surface area contributed by atoms with E-state index in [1.807, 2.05) is 0 Å². The van der Waals surface area contributed by atoms with Gasteiger partial charge in [0.2, 0.25) is 0 Å². The van der Waals surface area contributed by atoms with Crippen LogP contribution >= 0.6 is 0 Å². The smallest absolute Gasteiger partial charge is 0.116 e. The predicted molar refractivity (Wildman–Crippen MR) is 104 cm³/mol. The third kappa shape index (κ3) is 11.6. The van der Waals surface area contributed by atoms with Crippen molar-refractivity contribution in [1.82, 2.24) is 9.96 Å². The first-order chi connectivity index (χ1) is 9.25. The van der Waals surface area contributed by atoms with Gasteiger partial charge in [-0.15, -0.1) is 0 Å². The lowest BCUT2D eigenvalue weighted by molar-refractivity contribution is 0.185. The molecule has 0 aromatic carbocycles. The molecule has 0 aromatic heterocycles. The molecule has 0 saturated heterocycles. The monoisotopic (exact) mass is 330 g/mol. The Labute approximate surface area is 137 Å². The fourth-order valence-electron chi connectivity index (χ4n) is 3.07. The molecule has 0 atom stereocenters. The summed E-state index contributed by atoms with van der Waals surface area (Å²) in [5.41, 5.74) is 0.406. The van der Waals surface area contributed by atoms with Gasteiger partial charge in [0, 0.05) is 0 Å². The van der Waals surface area contributed by atoms with Crippen LogP contribution < -0.4 is 9.96 Å². The molecule has 2 N–H and O–H groups in total. The van der Waals surface area contributed by atoms with Crippen LogP contribution in [0, 0.1) is 17.3 Å². The van der Waals surface area contributed by atoms with Gasteiger partial charge in [-0.3, -0.25) is 0 Å². The summed E-state index contributed by atoms with van der Waals surface area (Å²) < 4.78 is 0. The summed E-state index contributed by atoms with van der Waals surface area (Å²) in [5, 5.41) is 0. The van der Waals surface area contributed by atoms with Gasteiger partial charge in [0.15, 0.2) is 0 Å². The van der Waals surface area contributed by atoms with E-state index in [9.17, 15) is 0 Å². The van der Waals surface area contributed by atoms with Crippen molar-refractivity contribution >= 4 is 16.5 Å². The van der Waals surface area contributed by atoms with Crippen molar-refractivity contribution in [1.29, 1.82) is 0 Å². The van der Waals surface area contributed by atoms with Gasteiger partial charge in [-0.05, 0) is 43.2 Å². The Morgan fingerprint density at radius 3 is 1.14 bits per heavy atom. The second kappa shape index (κ2) is 8.27. The van der Waals surface area contributed by atoms with Gasteiger partial charge in [0.1, 0.15) is 16.5 Å². The van der Waals surface area contributed by atoms with E-state index in [4.69, 9.17) is 0 Å². The minimum atomic E-state index is -1.21. The summed E-state index contributed by atoms with van der Waals surface area (Å²) in [7, 11) is -2.42. The number of hydrogen-bond donors (Lipinski definition) is 2. The first-order valence-corrected chi connectivity index (χ1v) is 15.7. The van der Waals surface area contributed by atoms with Gasteiger partial charge in [0.05, 0.1) is 0 Å². The molecule has 0 aliphatic heterocycles. The minimum absolute atomic E-state index is 0.406. The highest BCUT2D eigenvalue weighted by Gasteiger charge is 2.34. The zero-order valence-corrected chi connectivity index (χ0v) is 18.5. The molecular formula is C17H42N2Si2. The maximum Gasteiger partial charge on any atom is 0.116 e. The van der Waals surface area contributed by atoms with Crippen molar-refractivity contribution in [2.75, 3.05) is 13.1 Å². The zero-order valence-electron chi connectivity index (χ0n) is 16.5. The summed E-state index contributed by atoms with van der Waals surface area (Å²) in [4.78, 5) is 7.85. The molecule has 4 heteroatoms. The third-order valence-corrected chi connectivity index (χ3v) is 6.14. The summed E-state index contributed by atoms with van der Waals surface area (Å²) in [6.45, 7) is 26.3. The van der Waals surface area contributed by atoms with Crippen LogP contribution in [0.5, 0.6) is 0 Å².